The molecule has 1 atom stereocenters. The summed E-state index contributed by atoms with van der Waals surface area (Å²) in [6, 6.07) is 3.75. The maximum atomic E-state index is 14.1. The van der Waals surface area contributed by atoms with Crippen molar-refractivity contribution < 1.29 is 13.9 Å². The van der Waals surface area contributed by atoms with Crippen molar-refractivity contribution in [3.63, 3.8) is 0 Å². The van der Waals surface area contributed by atoms with Crippen LogP contribution in [-0.4, -0.2) is 66.3 Å². The molecule has 34 heavy (non-hydrogen) atoms. The monoisotopic (exact) mass is 489 g/mol. The van der Waals surface area contributed by atoms with E-state index in [-0.39, 0.29) is 18.1 Å². The van der Waals surface area contributed by atoms with Gasteiger partial charge in [-0.2, -0.15) is 0 Å². The molecule has 0 saturated carbocycles. The zero-order valence-corrected chi connectivity index (χ0v) is 20.8. The van der Waals surface area contributed by atoms with Gasteiger partial charge in [0.15, 0.2) is 0 Å². The van der Waals surface area contributed by atoms with Crippen LogP contribution >= 0.6 is 11.6 Å². The molecule has 0 spiro atoms. The van der Waals surface area contributed by atoms with E-state index >= 15 is 0 Å². The number of benzene rings is 1. The Kier molecular flexibility index (Phi) is 7.60. The summed E-state index contributed by atoms with van der Waals surface area (Å²) < 4.78 is 20.3. The number of amides is 1. The number of allylic oxidation sites excluding steroid dienone is 2. The first kappa shape index (κ1) is 24.7. The minimum Gasteiger partial charge on any atom is -0.489 e. The average molecular weight is 490 g/mol. The molecule has 2 saturated heterocycles. The first-order chi connectivity index (χ1) is 16.3. The molecule has 3 aliphatic rings. The quantitative estimate of drug-likeness (QED) is 0.660. The van der Waals surface area contributed by atoms with Gasteiger partial charge in [-0.15, -0.1) is 0 Å². The number of hydrogen-bond acceptors (Lipinski definition) is 6. The number of piperidine rings is 1. The summed E-state index contributed by atoms with van der Waals surface area (Å²) in [6.45, 7) is 9.52. The van der Waals surface area contributed by atoms with Gasteiger partial charge in [-0.25, -0.2) is 9.38 Å². The molecule has 184 valence electrons. The van der Waals surface area contributed by atoms with E-state index in [1.54, 1.807) is 4.90 Å². The van der Waals surface area contributed by atoms with Crippen molar-refractivity contribution in [1.82, 2.24) is 15.1 Å². The van der Waals surface area contributed by atoms with Crippen LogP contribution in [0.15, 0.2) is 45.3 Å². The van der Waals surface area contributed by atoms with E-state index < -0.39 is 5.82 Å². The molecular formula is C25H33ClFN5O2. The van der Waals surface area contributed by atoms with E-state index in [2.05, 4.69) is 22.1 Å². The third-order valence-corrected chi connectivity index (χ3v) is 7.15. The fourth-order valence-electron chi connectivity index (χ4n) is 4.73. The third kappa shape index (κ3) is 5.29. The van der Waals surface area contributed by atoms with Gasteiger partial charge in [-0.3, -0.25) is 4.79 Å². The summed E-state index contributed by atoms with van der Waals surface area (Å²) in [7, 11) is 0. The molecular weight excluding hydrogens is 457 g/mol. The Hall–Kier alpha value is -2.42. The SMILES string of the molecule is CCCN1CCC(Oc2cc(F)ccc2C(=O)N2C/C(=C3\N=C(C)C(Cl)=C(C)N3)C(N)C2)CC1. The molecule has 1 aromatic carbocycles. The van der Waals surface area contributed by atoms with Gasteiger partial charge in [0.25, 0.3) is 5.91 Å². The largest absolute Gasteiger partial charge is 0.489 e. The van der Waals surface area contributed by atoms with Crippen LogP contribution in [0.3, 0.4) is 0 Å². The summed E-state index contributed by atoms with van der Waals surface area (Å²) in [6.07, 6.45) is 2.79. The van der Waals surface area contributed by atoms with E-state index in [0.29, 0.717) is 41.0 Å². The molecule has 0 aromatic heterocycles. The molecule has 4 rings (SSSR count). The van der Waals surface area contributed by atoms with Crippen molar-refractivity contribution in [2.75, 3.05) is 32.7 Å². The predicted molar refractivity (Wildman–Crippen MR) is 132 cm³/mol. The molecule has 3 aliphatic heterocycles. The number of carbonyl (C=O) groups is 1. The summed E-state index contributed by atoms with van der Waals surface area (Å²) in [5, 5.41) is 3.78. The molecule has 1 aromatic rings. The van der Waals surface area contributed by atoms with E-state index in [1.165, 1.54) is 18.2 Å². The lowest BCUT2D eigenvalue weighted by Gasteiger charge is -2.32. The van der Waals surface area contributed by atoms with Crippen molar-refractivity contribution in [2.24, 2.45) is 10.7 Å². The van der Waals surface area contributed by atoms with Gasteiger partial charge in [-0.1, -0.05) is 18.5 Å². The number of nitrogens with one attached hydrogen (secondary N) is 1. The zero-order valence-electron chi connectivity index (χ0n) is 20.0. The highest BCUT2D eigenvalue weighted by molar-refractivity contribution is 6.43. The Bertz CT molecular complexity index is 1050. The van der Waals surface area contributed by atoms with Crippen LogP contribution in [0.1, 0.15) is 50.4 Å². The average Bonchev–Trinajstić information content (AvgIpc) is 3.20. The van der Waals surface area contributed by atoms with Crippen LogP contribution in [0.2, 0.25) is 0 Å². The first-order valence-corrected chi connectivity index (χ1v) is 12.3. The maximum Gasteiger partial charge on any atom is 0.257 e. The summed E-state index contributed by atoms with van der Waals surface area (Å²) in [5.41, 5.74) is 9.08. The number of nitrogens with zero attached hydrogens (tertiary/aromatic N) is 3. The molecule has 0 aliphatic carbocycles. The van der Waals surface area contributed by atoms with Crippen LogP contribution in [-0.2, 0) is 0 Å². The second kappa shape index (κ2) is 10.5. The fourth-order valence-corrected chi connectivity index (χ4v) is 4.82. The highest BCUT2D eigenvalue weighted by atomic mass is 35.5. The minimum absolute atomic E-state index is 0.0387. The molecule has 7 nitrogen and oxygen atoms in total. The molecule has 1 unspecified atom stereocenters. The summed E-state index contributed by atoms with van der Waals surface area (Å²) in [5.74, 6) is 0.276. The van der Waals surface area contributed by atoms with E-state index in [1.807, 2.05) is 13.8 Å². The van der Waals surface area contributed by atoms with Crippen LogP contribution < -0.4 is 15.8 Å². The number of hydrogen-bond donors (Lipinski definition) is 2. The Morgan fingerprint density at radius 2 is 2.06 bits per heavy atom. The first-order valence-electron chi connectivity index (χ1n) is 11.9. The van der Waals surface area contributed by atoms with Gasteiger partial charge in [0.1, 0.15) is 23.5 Å². The van der Waals surface area contributed by atoms with Gasteiger partial charge in [0, 0.05) is 49.6 Å². The smallest absolute Gasteiger partial charge is 0.257 e. The Labute approximate surface area is 205 Å². The van der Waals surface area contributed by atoms with Gasteiger partial charge in [0.2, 0.25) is 0 Å². The lowest BCUT2D eigenvalue weighted by atomic mass is 10.1. The van der Waals surface area contributed by atoms with Gasteiger partial charge in [-0.05, 0) is 51.8 Å². The van der Waals surface area contributed by atoms with Gasteiger partial charge in [0.05, 0.1) is 16.3 Å². The standard InChI is InChI=1S/C25H33ClFN5O2/c1-4-9-31-10-7-18(8-11-31)34-22-12-17(27)5-6-19(22)25(33)32-13-20(21(28)14-32)24-29-15(2)23(26)16(3)30-24/h5-6,12,18,21,29H,4,7-11,13-14,28H2,1-3H3/b24-20+. The number of halogens is 2. The number of ether oxygens (including phenoxy) is 1. The van der Waals surface area contributed by atoms with Crippen molar-refractivity contribution in [2.45, 2.75) is 52.2 Å². The molecule has 0 bridgehead atoms. The lowest BCUT2D eigenvalue weighted by Crippen LogP contribution is -2.39. The van der Waals surface area contributed by atoms with Crippen LogP contribution in [0.25, 0.3) is 0 Å². The van der Waals surface area contributed by atoms with E-state index in [9.17, 15) is 9.18 Å². The molecule has 1 amide bonds. The molecule has 3 heterocycles. The number of rotatable bonds is 5. The molecule has 0 radical (unpaired) electrons. The minimum atomic E-state index is -0.425. The van der Waals surface area contributed by atoms with Crippen molar-refractivity contribution >= 4 is 23.2 Å². The van der Waals surface area contributed by atoms with Crippen molar-refractivity contribution in [3.05, 3.63) is 51.7 Å². The van der Waals surface area contributed by atoms with Crippen molar-refractivity contribution in [1.29, 1.82) is 0 Å². The third-order valence-electron chi connectivity index (χ3n) is 6.59. The van der Waals surface area contributed by atoms with Crippen LogP contribution in [0.4, 0.5) is 4.39 Å². The highest BCUT2D eigenvalue weighted by Crippen LogP contribution is 2.29. The molecule has 2 fully saturated rings. The Morgan fingerprint density at radius 1 is 1.32 bits per heavy atom. The Balaban J connectivity index is 1.50. The predicted octanol–water partition coefficient (Wildman–Crippen LogP) is 3.61. The fraction of sp³-hybridized carbons (Fsp3) is 0.520. The summed E-state index contributed by atoms with van der Waals surface area (Å²) in [4.78, 5) is 22.1. The van der Waals surface area contributed by atoms with E-state index in [4.69, 9.17) is 22.1 Å². The number of aliphatic imine (C=N–C) groups is 1. The van der Waals surface area contributed by atoms with Gasteiger partial charge >= 0.3 is 0 Å². The second-order valence-corrected chi connectivity index (χ2v) is 9.60. The second-order valence-electron chi connectivity index (χ2n) is 9.23. The zero-order chi connectivity index (χ0) is 24.4. The maximum absolute atomic E-state index is 14.1. The van der Waals surface area contributed by atoms with Crippen LogP contribution in [0.5, 0.6) is 5.75 Å². The topological polar surface area (TPSA) is 83.2 Å². The lowest BCUT2D eigenvalue weighted by molar-refractivity contribution is 0.0768. The number of nitrogens with two attached hydrogens (primary N) is 1. The molecule has 3 N–H and O–H groups in total. The van der Waals surface area contributed by atoms with Gasteiger partial charge < -0.3 is 25.6 Å². The normalized spacial score (nSPS) is 24.4. The molecule has 9 heteroatoms. The van der Waals surface area contributed by atoms with E-state index in [0.717, 1.165) is 50.2 Å². The Morgan fingerprint density at radius 3 is 2.74 bits per heavy atom. The number of likely N-dealkylation sites (tertiary alicyclic amines) is 2. The summed E-state index contributed by atoms with van der Waals surface area (Å²) >= 11 is 6.24. The highest BCUT2D eigenvalue weighted by Gasteiger charge is 2.34. The van der Waals surface area contributed by atoms with Crippen LogP contribution in [0, 0.1) is 5.82 Å². The van der Waals surface area contributed by atoms with Crippen molar-refractivity contribution in [3.8, 4) is 5.75 Å². The number of carbonyl (C=O) groups excluding carboxylic acids is 1.